The van der Waals surface area contributed by atoms with Gasteiger partial charge in [-0.05, 0) is 61.9 Å². The number of rotatable bonds is 9. The van der Waals surface area contributed by atoms with Gasteiger partial charge in [0.1, 0.15) is 17.4 Å². The Labute approximate surface area is 174 Å². The molecule has 0 saturated heterocycles. The van der Waals surface area contributed by atoms with Gasteiger partial charge in [0.25, 0.3) is 5.91 Å². The van der Waals surface area contributed by atoms with Crippen LogP contribution in [0.2, 0.25) is 0 Å². The Kier molecular flexibility index (Phi) is 7.82. The molecule has 8 heteroatoms. The molecular formula is C22H22N2O6. The van der Waals surface area contributed by atoms with Gasteiger partial charge in [0, 0.05) is 5.69 Å². The molecule has 0 heterocycles. The number of nitriles is 1. The molecule has 0 aliphatic carbocycles. The van der Waals surface area contributed by atoms with Crippen molar-refractivity contribution in [3.63, 3.8) is 0 Å². The highest BCUT2D eigenvalue weighted by Crippen LogP contribution is 2.30. The van der Waals surface area contributed by atoms with Crippen LogP contribution in [0.3, 0.4) is 0 Å². The number of hydrogen-bond donors (Lipinski definition) is 2. The third-order valence-electron chi connectivity index (χ3n) is 3.94. The molecule has 156 valence electrons. The molecule has 0 fully saturated rings. The third kappa shape index (κ3) is 6.01. The summed E-state index contributed by atoms with van der Waals surface area (Å²) in [6.07, 6.45) is 0.339. The highest BCUT2D eigenvalue weighted by molar-refractivity contribution is 6.09. The lowest BCUT2D eigenvalue weighted by Crippen LogP contribution is -2.23. The molecular weight excluding hydrogens is 388 g/mol. The molecule has 2 rings (SSSR count). The summed E-state index contributed by atoms with van der Waals surface area (Å²) in [5.41, 5.74) is 0.924. The van der Waals surface area contributed by atoms with Crippen LogP contribution in [0.25, 0.3) is 6.08 Å². The van der Waals surface area contributed by atoms with Crippen molar-refractivity contribution in [2.45, 2.75) is 20.0 Å². The van der Waals surface area contributed by atoms with Crippen LogP contribution in [0, 0.1) is 11.3 Å². The molecule has 0 saturated carbocycles. The minimum Gasteiger partial charge on any atom is -0.494 e. The number of hydrogen-bond acceptors (Lipinski definition) is 6. The summed E-state index contributed by atoms with van der Waals surface area (Å²) in [5.74, 6) is -0.486. The van der Waals surface area contributed by atoms with Gasteiger partial charge >= 0.3 is 5.97 Å². The Bertz CT molecular complexity index is 976. The van der Waals surface area contributed by atoms with Crippen molar-refractivity contribution < 1.29 is 28.9 Å². The highest BCUT2D eigenvalue weighted by Gasteiger charge is 2.16. The first-order chi connectivity index (χ1) is 14.4. The van der Waals surface area contributed by atoms with E-state index in [4.69, 9.17) is 19.3 Å². The molecule has 0 unspecified atom stereocenters. The minimum atomic E-state index is -1.11. The fraction of sp³-hybridized carbons (Fsp3) is 0.227. The van der Waals surface area contributed by atoms with Gasteiger partial charge < -0.3 is 24.6 Å². The van der Waals surface area contributed by atoms with Gasteiger partial charge in [-0.25, -0.2) is 4.79 Å². The van der Waals surface area contributed by atoms with Gasteiger partial charge in [-0.1, -0.05) is 6.07 Å². The third-order valence-corrected chi connectivity index (χ3v) is 3.94. The first-order valence-electron chi connectivity index (χ1n) is 9.11. The van der Waals surface area contributed by atoms with E-state index in [0.29, 0.717) is 23.6 Å². The van der Waals surface area contributed by atoms with E-state index in [0.717, 1.165) is 0 Å². The molecule has 0 spiro atoms. The Hall–Kier alpha value is -3.99. The number of ether oxygens (including phenoxy) is 3. The maximum atomic E-state index is 12.4. The zero-order valence-corrected chi connectivity index (χ0v) is 16.8. The molecule has 1 amide bonds. The Balaban J connectivity index is 2.18. The van der Waals surface area contributed by atoms with E-state index in [1.165, 1.54) is 26.2 Å². The van der Waals surface area contributed by atoms with Crippen molar-refractivity contribution in [3.05, 3.63) is 53.6 Å². The van der Waals surface area contributed by atoms with E-state index >= 15 is 0 Å². The van der Waals surface area contributed by atoms with Crippen LogP contribution < -0.4 is 19.5 Å². The van der Waals surface area contributed by atoms with Crippen LogP contribution in [0.5, 0.6) is 17.2 Å². The van der Waals surface area contributed by atoms with E-state index in [1.54, 1.807) is 36.4 Å². The largest absolute Gasteiger partial charge is 0.494 e. The highest BCUT2D eigenvalue weighted by atomic mass is 16.5. The first kappa shape index (κ1) is 22.3. The molecule has 30 heavy (non-hydrogen) atoms. The number of carboxylic acids is 1. The van der Waals surface area contributed by atoms with Crippen molar-refractivity contribution in [1.82, 2.24) is 0 Å². The van der Waals surface area contributed by atoms with Gasteiger partial charge in [0.15, 0.2) is 17.6 Å². The second kappa shape index (κ2) is 10.5. The smallest absolute Gasteiger partial charge is 0.344 e. The standard InChI is InChI=1S/C22H22N2O6/c1-4-29-18-8-6-17(7-9-18)24-21(25)16(13-23)11-15-5-10-19(20(12-15)28-3)30-14(2)22(26)27/h5-12,14H,4H2,1-3H3,(H,24,25)(H,26,27)/b16-11-/t14-/m0/s1. The lowest BCUT2D eigenvalue weighted by molar-refractivity contribution is -0.144. The number of amides is 1. The summed E-state index contributed by atoms with van der Waals surface area (Å²) in [5, 5.41) is 21.0. The molecule has 0 radical (unpaired) electrons. The van der Waals surface area contributed by atoms with Crippen molar-refractivity contribution in [3.8, 4) is 23.3 Å². The van der Waals surface area contributed by atoms with Gasteiger partial charge in [0.05, 0.1) is 13.7 Å². The minimum absolute atomic E-state index is 0.112. The summed E-state index contributed by atoms with van der Waals surface area (Å²) < 4.78 is 15.9. The van der Waals surface area contributed by atoms with Crippen LogP contribution in [0.15, 0.2) is 48.0 Å². The number of aliphatic carboxylic acids is 1. The molecule has 0 aromatic heterocycles. The summed E-state index contributed by atoms with van der Waals surface area (Å²) in [7, 11) is 1.41. The van der Waals surface area contributed by atoms with Gasteiger partial charge in [-0.2, -0.15) is 5.26 Å². The van der Waals surface area contributed by atoms with Crippen LogP contribution in [0.4, 0.5) is 5.69 Å². The van der Waals surface area contributed by atoms with Crippen molar-refractivity contribution in [2.24, 2.45) is 0 Å². The Morgan fingerprint density at radius 2 is 1.90 bits per heavy atom. The van der Waals surface area contributed by atoms with E-state index < -0.39 is 18.0 Å². The van der Waals surface area contributed by atoms with Gasteiger partial charge in [-0.15, -0.1) is 0 Å². The molecule has 2 aromatic carbocycles. The molecule has 1 atom stereocenters. The molecule has 0 aliphatic heterocycles. The molecule has 0 bridgehead atoms. The van der Waals surface area contributed by atoms with Crippen molar-refractivity contribution in [1.29, 1.82) is 5.26 Å². The van der Waals surface area contributed by atoms with Crippen LogP contribution in [-0.4, -0.2) is 36.8 Å². The fourth-order valence-electron chi connectivity index (χ4n) is 2.43. The monoisotopic (exact) mass is 410 g/mol. The average Bonchev–Trinajstić information content (AvgIpc) is 2.74. The Morgan fingerprint density at radius 1 is 1.20 bits per heavy atom. The molecule has 8 nitrogen and oxygen atoms in total. The Morgan fingerprint density at radius 3 is 2.47 bits per heavy atom. The predicted molar refractivity (Wildman–Crippen MR) is 111 cm³/mol. The van der Waals surface area contributed by atoms with E-state index in [1.807, 2.05) is 13.0 Å². The summed E-state index contributed by atoms with van der Waals surface area (Å²) in [4.78, 5) is 23.4. The maximum absolute atomic E-state index is 12.4. The van der Waals surface area contributed by atoms with Crippen LogP contribution in [0.1, 0.15) is 19.4 Å². The van der Waals surface area contributed by atoms with Crippen molar-refractivity contribution >= 4 is 23.6 Å². The molecule has 2 aromatic rings. The SMILES string of the molecule is CCOc1ccc(NC(=O)/C(C#N)=C\c2ccc(O[C@@H](C)C(=O)O)c(OC)c2)cc1. The number of carboxylic acid groups (broad SMARTS) is 1. The van der Waals surface area contributed by atoms with Gasteiger partial charge in [-0.3, -0.25) is 4.79 Å². The topological polar surface area (TPSA) is 118 Å². The first-order valence-corrected chi connectivity index (χ1v) is 9.11. The zero-order chi connectivity index (χ0) is 22.1. The van der Waals surface area contributed by atoms with E-state index in [-0.39, 0.29) is 17.1 Å². The zero-order valence-electron chi connectivity index (χ0n) is 16.8. The summed E-state index contributed by atoms with van der Waals surface area (Å²) in [6, 6.07) is 13.3. The number of nitrogens with zero attached hydrogens (tertiary/aromatic N) is 1. The number of anilines is 1. The van der Waals surface area contributed by atoms with Crippen LogP contribution in [-0.2, 0) is 9.59 Å². The predicted octanol–water partition coefficient (Wildman–Crippen LogP) is 3.49. The number of methoxy groups -OCH3 is 1. The van der Waals surface area contributed by atoms with Crippen LogP contribution >= 0.6 is 0 Å². The van der Waals surface area contributed by atoms with E-state index in [2.05, 4.69) is 5.32 Å². The summed E-state index contributed by atoms with van der Waals surface area (Å²) >= 11 is 0. The number of nitrogens with one attached hydrogen (secondary N) is 1. The lowest BCUT2D eigenvalue weighted by Gasteiger charge is -2.14. The molecule has 2 N–H and O–H groups in total. The summed E-state index contributed by atoms with van der Waals surface area (Å²) in [6.45, 7) is 3.81. The molecule has 0 aliphatic rings. The number of carbonyl (C=O) groups is 2. The second-order valence-electron chi connectivity index (χ2n) is 6.09. The quantitative estimate of drug-likeness (QED) is 0.480. The van der Waals surface area contributed by atoms with Gasteiger partial charge in [0.2, 0.25) is 0 Å². The second-order valence-corrected chi connectivity index (χ2v) is 6.09. The van der Waals surface area contributed by atoms with E-state index in [9.17, 15) is 14.9 Å². The number of benzene rings is 2. The van der Waals surface area contributed by atoms with Crippen molar-refractivity contribution in [2.75, 3.05) is 19.0 Å². The average molecular weight is 410 g/mol. The normalized spacial score (nSPS) is 11.7. The number of carbonyl (C=O) groups excluding carboxylic acids is 1. The fourth-order valence-corrected chi connectivity index (χ4v) is 2.43. The lowest BCUT2D eigenvalue weighted by atomic mass is 10.1. The maximum Gasteiger partial charge on any atom is 0.344 e.